The standard InChI is InChI=1S/C24H35N3O7/c28-16-12-19-20(29)26-24(22(31)32)13-15(24)8-4-2-1-3-5-11-18(21(30)27(19)14-16)25-23(33)34-17-9-6-7-10-17/h4,8,15-19,28H,1-3,5-7,9-14H2,(H,25,33)(H,26,29)(H,31,32)/b8-4-/t15?,16-,18+,19?,24?/m1/s1. The van der Waals surface area contributed by atoms with E-state index in [1.165, 1.54) is 4.90 Å². The number of nitrogens with zero attached hydrogens (tertiary/aromatic N) is 1. The molecule has 2 heterocycles. The predicted molar refractivity (Wildman–Crippen MR) is 121 cm³/mol. The predicted octanol–water partition coefficient (Wildman–Crippen LogP) is 1.47. The van der Waals surface area contributed by atoms with Crippen molar-refractivity contribution in [2.24, 2.45) is 5.92 Å². The SMILES string of the molecule is O=C(N[C@H]1CCCCC/C=C\C2CC2(C(=O)O)NC(=O)C2C[C@@H](O)CN2C1=O)OC1CCCC1. The topological polar surface area (TPSA) is 145 Å². The highest BCUT2D eigenvalue weighted by atomic mass is 16.6. The van der Waals surface area contributed by atoms with Gasteiger partial charge in [-0.25, -0.2) is 9.59 Å². The Morgan fingerprint density at radius 3 is 2.59 bits per heavy atom. The number of aliphatic hydroxyl groups is 1. The van der Waals surface area contributed by atoms with Crippen LogP contribution in [0.4, 0.5) is 4.79 Å². The van der Waals surface area contributed by atoms with E-state index in [0.29, 0.717) is 19.3 Å². The highest BCUT2D eigenvalue weighted by molar-refractivity contribution is 5.96. The third-order valence-electron chi connectivity index (χ3n) is 7.51. The van der Waals surface area contributed by atoms with Gasteiger partial charge in [0.05, 0.1) is 6.10 Å². The van der Waals surface area contributed by atoms with Crippen LogP contribution in [0.2, 0.25) is 0 Å². The Bertz CT molecular complexity index is 840. The van der Waals surface area contributed by atoms with E-state index in [0.717, 1.165) is 44.9 Å². The van der Waals surface area contributed by atoms with Crippen molar-refractivity contribution < 1.29 is 34.1 Å². The zero-order valence-electron chi connectivity index (χ0n) is 19.4. The van der Waals surface area contributed by atoms with E-state index in [-0.39, 0.29) is 25.0 Å². The first-order valence-corrected chi connectivity index (χ1v) is 12.5. The van der Waals surface area contributed by atoms with Gasteiger partial charge in [0.15, 0.2) is 0 Å². The number of allylic oxidation sites excluding steroid dienone is 1. The zero-order chi connectivity index (χ0) is 24.3. The van der Waals surface area contributed by atoms with Crippen LogP contribution in [0, 0.1) is 5.92 Å². The maximum absolute atomic E-state index is 13.5. The number of hydrogen-bond donors (Lipinski definition) is 4. The Hall–Kier alpha value is -2.62. The minimum Gasteiger partial charge on any atom is -0.479 e. The van der Waals surface area contributed by atoms with Crippen LogP contribution in [0.3, 0.4) is 0 Å². The molecule has 3 unspecified atom stereocenters. The number of amides is 3. The number of hydrogen-bond acceptors (Lipinski definition) is 6. The number of alkyl carbamates (subject to hydrolysis) is 1. The average Bonchev–Trinajstić information content (AvgIpc) is 3.10. The van der Waals surface area contributed by atoms with Crippen molar-refractivity contribution >= 4 is 23.9 Å². The number of aliphatic hydroxyl groups excluding tert-OH is 1. The highest BCUT2D eigenvalue weighted by Crippen LogP contribution is 2.45. The van der Waals surface area contributed by atoms with E-state index in [1.54, 1.807) is 0 Å². The molecule has 0 aromatic carbocycles. The van der Waals surface area contributed by atoms with E-state index < -0.39 is 47.6 Å². The largest absolute Gasteiger partial charge is 0.479 e. The second kappa shape index (κ2) is 10.3. The molecule has 4 aliphatic rings. The van der Waals surface area contributed by atoms with Crippen LogP contribution in [0.1, 0.15) is 70.6 Å². The maximum atomic E-state index is 13.5. The van der Waals surface area contributed by atoms with Crippen molar-refractivity contribution in [1.82, 2.24) is 15.5 Å². The molecule has 0 bridgehead atoms. The second-order valence-electron chi connectivity index (χ2n) is 10.0. The first-order chi connectivity index (χ1) is 16.3. The number of fused-ring (bicyclic) bond motifs is 2. The molecular weight excluding hydrogens is 442 g/mol. The Labute approximate surface area is 199 Å². The van der Waals surface area contributed by atoms with E-state index in [1.807, 2.05) is 12.2 Å². The average molecular weight is 478 g/mol. The van der Waals surface area contributed by atoms with Gasteiger partial charge in [-0.3, -0.25) is 9.59 Å². The molecule has 34 heavy (non-hydrogen) atoms. The molecule has 188 valence electrons. The molecular formula is C24H35N3O7. The smallest absolute Gasteiger partial charge is 0.408 e. The fraction of sp³-hybridized carbons (Fsp3) is 0.750. The van der Waals surface area contributed by atoms with Crippen LogP contribution >= 0.6 is 0 Å². The zero-order valence-corrected chi connectivity index (χ0v) is 19.4. The highest BCUT2D eigenvalue weighted by Gasteiger charge is 2.61. The molecule has 4 N–H and O–H groups in total. The maximum Gasteiger partial charge on any atom is 0.408 e. The van der Waals surface area contributed by atoms with Crippen molar-refractivity contribution in [2.45, 2.75) is 100 Å². The van der Waals surface area contributed by atoms with Gasteiger partial charge in [0.2, 0.25) is 11.8 Å². The molecule has 3 amide bonds. The minimum absolute atomic E-state index is 0.0209. The van der Waals surface area contributed by atoms with E-state index >= 15 is 0 Å². The monoisotopic (exact) mass is 477 g/mol. The summed E-state index contributed by atoms with van der Waals surface area (Å²) in [5.41, 5.74) is -1.38. The van der Waals surface area contributed by atoms with Crippen LogP contribution in [0.15, 0.2) is 12.2 Å². The van der Waals surface area contributed by atoms with Gasteiger partial charge in [0.25, 0.3) is 0 Å². The van der Waals surface area contributed by atoms with E-state index in [4.69, 9.17) is 4.74 Å². The van der Waals surface area contributed by atoms with Crippen LogP contribution < -0.4 is 10.6 Å². The van der Waals surface area contributed by atoms with Gasteiger partial charge >= 0.3 is 12.1 Å². The van der Waals surface area contributed by atoms with Crippen molar-refractivity contribution in [3.05, 3.63) is 12.2 Å². The van der Waals surface area contributed by atoms with Crippen molar-refractivity contribution in [2.75, 3.05) is 6.54 Å². The Morgan fingerprint density at radius 1 is 1.12 bits per heavy atom. The second-order valence-corrected chi connectivity index (χ2v) is 10.0. The lowest BCUT2D eigenvalue weighted by molar-refractivity contribution is -0.145. The Morgan fingerprint density at radius 2 is 1.85 bits per heavy atom. The van der Waals surface area contributed by atoms with Gasteiger partial charge in [-0.05, 0) is 51.4 Å². The molecule has 5 atom stereocenters. The molecule has 4 rings (SSSR count). The number of carboxylic acids is 1. The molecule has 0 aromatic heterocycles. The molecule has 10 nitrogen and oxygen atoms in total. The van der Waals surface area contributed by atoms with Crippen molar-refractivity contribution in [3.8, 4) is 0 Å². The fourth-order valence-electron chi connectivity index (χ4n) is 5.41. The van der Waals surface area contributed by atoms with Crippen LogP contribution in [0.5, 0.6) is 0 Å². The quantitative estimate of drug-likeness (QED) is 0.450. The van der Waals surface area contributed by atoms with Crippen molar-refractivity contribution in [1.29, 1.82) is 0 Å². The first kappa shape index (κ1) is 24.5. The van der Waals surface area contributed by atoms with Crippen LogP contribution in [-0.4, -0.2) is 75.4 Å². The number of aliphatic carboxylic acids is 1. The molecule has 3 fully saturated rings. The summed E-state index contributed by atoms with van der Waals surface area (Å²) in [6, 6.07) is -1.87. The van der Waals surface area contributed by atoms with Gasteiger partial charge in [-0.15, -0.1) is 0 Å². The van der Waals surface area contributed by atoms with Gasteiger partial charge < -0.3 is 30.5 Å². The third-order valence-corrected chi connectivity index (χ3v) is 7.51. The molecule has 1 saturated heterocycles. The summed E-state index contributed by atoms with van der Waals surface area (Å²) in [6.07, 6.45) is 9.65. The number of carbonyl (C=O) groups excluding carboxylic acids is 3. The molecule has 2 aliphatic heterocycles. The number of carboxylic acid groups (broad SMARTS) is 1. The summed E-state index contributed by atoms with van der Waals surface area (Å²) in [4.78, 5) is 52.3. The normalized spacial score (nSPS) is 35.9. The number of carbonyl (C=O) groups is 4. The number of nitrogens with one attached hydrogen (secondary N) is 2. The van der Waals surface area contributed by atoms with Crippen molar-refractivity contribution in [3.63, 3.8) is 0 Å². The lowest BCUT2D eigenvalue weighted by Gasteiger charge is -2.29. The summed E-state index contributed by atoms with van der Waals surface area (Å²) in [6.45, 7) is -0.0455. The minimum atomic E-state index is -1.38. The Kier molecular flexibility index (Phi) is 7.45. The van der Waals surface area contributed by atoms with Gasteiger partial charge in [-0.1, -0.05) is 25.0 Å². The summed E-state index contributed by atoms with van der Waals surface area (Å²) >= 11 is 0. The number of ether oxygens (including phenoxy) is 1. The molecule has 2 saturated carbocycles. The molecule has 0 aromatic rings. The number of rotatable bonds is 3. The van der Waals surface area contributed by atoms with E-state index in [9.17, 15) is 29.4 Å². The van der Waals surface area contributed by atoms with Gasteiger partial charge in [0.1, 0.15) is 23.7 Å². The summed E-state index contributed by atoms with van der Waals surface area (Å²) in [5, 5.41) is 25.4. The summed E-state index contributed by atoms with van der Waals surface area (Å²) in [5.74, 6) is -2.45. The first-order valence-electron chi connectivity index (χ1n) is 12.5. The lowest BCUT2D eigenvalue weighted by atomic mass is 10.0. The molecule has 2 aliphatic carbocycles. The Balaban J connectivity index is 1.51. The van der Waals surface area contributed by atoms with E-state index in [2.05, 4.69) is 10.6 Å². The molecule has 0 radical (unpaired) electrons. The summed E-state index contributed by atoms with van der Waals surface area (Å²) in [7, 11) is 0. The molecule has 10 heteroatoms. The van der Waals surface area contributed by atoms with Crippen LogP contribution in [0.25, 0.3) is 0 Å². The lowest BCUT2D eigenvalue weighted by Crippen LogP contribution is -2.56. The third kappa shape index (κ3) is 5.37. The van der Waals surface area contributed by atoms with Gasteiger partial charge in [0, 0.05) is 18.9 Å². The molecule has 0 spiro atoms. The summed E-state index contributed by atoms with van der Waals surface area (Å²) < 4.78 is 5.48. The van der Waals surface area contributed by atoms with Crippen LogP contribution in [-0.2, 0) is 19.1 Å². The fourth-order valence-corrected chi connectivity index (χ4v) is 5.41. The van der Waals surface area contributed by atoms with Gasteiger partial charge in [-0.2, -0.15) is 0 Å².